The molecule has 1 aromatic rings. The number of amides is 2. The maximum Gasteiger partial charge on any atom is 0.323 e. The molecular formula is C12H18N4O5. The Morgan fingerprint density at radius 1 is 1.19 bits per heavy atom. The highest BCUT2D eigenvalue weighted by Gasteiger charge is 2.20. The summed E-state index contributed by atoms with van der Waals surface area (Å²) in [4.78, 5) is 33.9. The van der Waals surface area contributed by atoms with E-state index in [1.807, 2.05) is 6.92 Å². The summed E-state index contributed by atoms with van der Waals surface area (Å²) >= 11 is 0. The zero-order valence-corrected chi connectivity index (χ0v) is 12.1. The Morgan fingerprint density at radius 2 is 1.71 bits per heavy atom. The Bertz CT molecular complexity index is 550. The molecule has 9 nitrogen and oxygen atoms in total. The van der Waals surface area contributed by atoms with Crippen molar-refractivity contribution >= 4 is 18.0 Å². The van der Waals surface area contributed by atoms with Gasteiger partial charge >= 0.3 is 18.0 Å². The van der Waals surface area contributed by atoms with Gasteiger partial charge < -0.3 is 20.4 Å². The van der Waals surface area contributed by atoms with Gasteiger partial charge in [0.1, 0.15) is 13.1 Å². The Hall–Kier alpha value is -2.58. The molecule has 0 saturated heterocycles. The SMILES string of the molecule is Cc1nn(C)c(C)c1CNC(=O)N(CC(=O)O)CC(=O)O. The molecular weight excluding hydrogens is 280 g/mol. The molecule has 2 amide bonds. The van der Waals surface area contributed by atoms with Crippen LogP contribution in [-0.4, -0.2) is 56.0 Å². The van der Waals surface area contributed by atoms with Crippen LogP contribution in [0.3, 0.4) is 0 Å². The first-order chi connectivity index (χ1) is 9.72. The minimum Gasteiger partial charge on any atom is -0.480 e. The zero-order chi connectivity index (χ0) is 16.2. The van der Waals surface area contributed by atoms with Crippen molar-refractivity contribution in [2.24, 2.45) is 7.05 Å². The molecule has 0 aliphatic heterocycles. The van der Waals surface area contributed by atoms with E-state index in [9.17, 15) is 14.4 Å². The Kier molecular flexibility index (Phi) is 5.28. The fraction of sp³-hybridized carbons (Fsp3) is 0.500. The van der Waals surface area contributed by atoms with E-state index in [1.54, 1.807) is 18.7 Å². The lowest BCUT2D eigenvalue weighted by Gasteiger charge is -2.19. The summed E-state index contributed by atoms with van der Waals surface area (Å²) in [7, 11) is 1.77. The van der Waals surface area contributed by atoms with Gasteiger partial charge in [0.25, 0.3) is 0 Å². The number of carboxylic acids is 2. The van der Waals surface area contributed by atoms with E-state index in [2.05, 4.69) is 10.4 Å². The first kappa shape index (κ1) is 16.5. The second-order valence-electron chi connectivity index (χ2n) is 4.58. The molecule has 0 atom stereocenters. The summed E-state index contributed by atoms with van der Waals surface area (Å²) in [5.74, 6) is -2.56. The molecule has 21 heavy (non-hydrogen) atoms. The molecule has 0 aromatic carbocycles. The molecule has 116 valence electrons. The van der Waals surface area contributed by atoms with E-state index in [0.717, 1.165) is 17.0 Å². The number of aliphatic carboxylic acids is 2. The molecule has 1 heterocycles. The third-order valence-electron chi connectivity index (χ3n) is 3.01. The third kappa shape index (κ3) is 4.48. The summed E-state index contributed by atoms with van der Waals surface area (Å²) in [6.07, 6.45) is 0. The number of carbonyl (C=O) groups excluding carboxylic acids is 1. The van der Waals surface area contributed by atoms with Crippen LogP contribution in [0.4, 0.5) is 4.79 Å². The van der Waals surface area contributed by atoms with Crippen LogP contribution in [-0.2, 0) is 23.2 Å². The summed E-state index contributed by atoms with van der Waals surface area (Å²) in [5, 5.41) is 24.1. The van der Waals surface area contributed by atoms with Gasteiger partial charge in [0.15, 0.2) is 0 Å². The number of rotatable bonds is 6. The number of aryl methyl sites for hydroxylation is 2. The molecule has 0 bridgehead atoms. The summed E-state index contributed by atoms with van der Waals surface area (Å²) in [5.41, 5.74) is 2.44. The zero-order valence-electron chi connectivity index (χ0n) is 12.1. The molecule has 0 spiro atoms. The van der Waals surface area contributed by atoms with Crippen LogP contribution in [0.1, 0.15) is 17.0 Å². The van der Waals surface area contributed by atoms with E-state index >= 15 is 0 Å². The molecule has 0 aliphatic carbocycles. The second-order valence-corrected chi connectivity index (χ2v) is 4.58. The van der Waals surface area contributed by atoms with Crippen molar-refractivity contribution in [1.82, 2.24) is 20.0 Å². The third-order valence-corrected chi connectivity index (χ3v) is 3.01. The lowest BCUT2D eigenvalue weighted by atomic mass is 10.2. The number of urea groups is 1. The van der Waals surface area contributed by atoms with E-state index in [1.165, 1.54) is 0 Å². The number of hydrogen-bond donors (Lipinski definition) is 3. The summed E-state index contributed by atoms with van der Waals surface area (Å²) in [6, 6.07) is -0.748. The molecule has 0 unspecified atom stereocenters. The number of carbonyl (C=O) groups is 3. The topological polar surface area (TPSA) is 125 Å². The average Bonchev–Trinajstić information content (AvgIpc) is 2.59. The van der Waals surface area contributed by atoms with Crippen LogP contribution >= 0.6 is 0 Å². The monoisotopic (exact) mass is 298 g/mol. The molecule has 0 aliphatic rings. The molecule has 1 rings (SSSR count). The number of nitrogens with one attached hydrogen (secondary N) is 1. The van der Waals surface area contributed by atoms with Gasteiger partial charge in [-0.1, -0.05) is 0 Å². The molecule has 0 fully saturated rings. The average molecular weight is 298 g/mol. The van der Waals surface area contributed by atoms with Crippen molar-refractivity contribution in [1.29, 1.82) is 0 Å². The minimum atomic E-state index is -1.28. The molecule has 3 N–H and O–H groups in total. The normalized spacial score (nSPS) is 10.2. The van der Waals surface area contributed by atoms with Crippen molar-refractivity contribution in [3.8, 4) is 0 Å². The van der Waals surface area contributed by atoms with Gasteiger partial charge in [0, 0.05) is 24.8 Å². The van der Waals surface area contributed by atoms with Crippen molar-refractivity contribution in [2.75, 3.05) is 13.1 Å². The van der Waals surface area contributed by atoms with E-state index in [4.69, 9.17) is 10.2 Å². The first-order valence-electron chi connectivity index (χ1n) is 6.17. The van der Waals surface area contributed by atoms with Crippen LogP contribution in [0.2, 0.25) is 0 Å². The van der Waals surface area contributed by atoms with E-state index in [-0.39, 0.29) is 6.54 Å². The van der Waals surface area contributed by atoms with Gasteiger partial charge in [-0.15, -0.1) is 0 Å². The first-order valence-corrected chi connectivity index (χ1v) is 6.17. The van der Waals surface area contributed by atoms with Gasteiger partial charge in [0.05, 0.1) is 5.69 Å². The van der Waals surface area contributed by atoms with Gasteiger partial charge in [-0.3, -0.25) is 14.3 Å². The number of hydrogen-bond acceptors (Lipinski definition) is 4. The maximum atomic E-state index is 11.9. The molecule has 9 heteroatoms. The van der Waals surface area contributed by atoms with E-state index in [0.29, 0.717) is 4.90 Å². The van der Waals surface area contributed by atoms with E-state index < -0.39 is 31.1 Å². The van der Waals surface area contributed by atoms with Crippen LogP contribution < -0.4 is 5.32 Å². The minimum absolute atomic E-state index is 0.153. The Labute approximate surface area is 121 Å². The highest BCUT2D eigenvalue weighted by Crippen LogP contribution is 2.11. The highest BCUT2D eigenvalue weighted by molar-refractivity contribution is 5.84. The standard InChI is InChI=1S/C12H18N4O5/c1-7-9(8(2)15(3)14-7)4-13-12(21)16(5-10(17)18)6-11(19)20/h4-6H2,1-3H3,(H,13,21)(H,17,18)(H,19,20). The molecule has 0 radical (unpaired) electrons. The Balaban J connectivity index is 2.73. The van der Waals surface area contributed by atoms with Crippen LogP contribution in [0.25, 0.3) is 0 Å². The van der Waals surface area contributed by atoms with Crippen LogP contribution in [0.5, 0.6) is 0 Å². The van der Waals surface area contributed by atoms with Crippen LogP contribution in [0, 0.1) is 13.8 Å². The molecule has 0 saturated carbocycles. The number of carboxylic acid groups (broad SMARTS) is 2. The predicted molar refractivity (Wildman–Crippen MR) is 71.8 cm³/mol. The second kappa shape index (κ2) is 6.73. The fourth-order valence-corrected chi connectivity index (χ4v) is 1.88. The quantitative estimate of drug-likeness (QED) is 0.663. The van der Waals surface area contributed by atoms with Gasteiger partial charge in [-0.25, -0.2) is 4.79 Å². The van der Waals surface area contributed by atoms with Crippen molar-refractivity contribution < 1.29 is 24.6 Å². The predicted octanol–water partition coefficient (Wildman–Crippen LogP) is -0.282. The van der Waals surface area contributed by atoms with Crippen molar-refractivity contribution in [3.63, 3.8) is 0 Å². The van der Waals surface area contributed by atoms with Gasteiger partial charge in [-0.2, -0.15) is 5.10 Å². The smallest absolute Gasteiger partial charge is 0.323 e. The number of aromatic nitrogens is 2. The summed E-state index contributed by atoms with van der Waals surface area (Å²) in [6.45, 7) is 2.43. The van der Waals surface area contributed by atoms with Gasteiger partial charge in [0.2, 0.25) is 0 Å². The lowest BCUT2D eigenvalue weighted by Crippen LogP contribution is -2.45. The van der Waals surface area contributed by atoms with Crippen LogP contribution in [0.15, 0.2) is 0 Å². The van der Waals surface area contributed by atoms with Gasteiger partial charge in [-0.05, 0) is 13.8 Å². The fourth-order valence-electron chi connectivity index (χ4n) is 1.88. The maximum absolute atomic E-state index is 11.9. The van der Waals surface area contributed by atoms with Crippen molar-refractivity contribution in [3.05, 3.63) is 17.0 Å². The Morgan fingerprint density at radius 3 is 2.10 bits per heavy atom. The highest BCUT2D eigenvalue weighted by atomic mass is 16.4. The lowest BCUT2D eigenvalue weighted by molar-refractivity contribution is -0.140. The molecule has 1 aromatic heterocycles. The summed E-state index contributed by atoms with van der Waals surface area (Å²) < 4.78 is 1.67. The largest absolute Gasteiger partial charge is 0.480 e. The number of nitrogens with zero attached hydrogens (tertiary/aromatic N) is 3. The van der Waals surface area contributed by atoms with Crippen molar-refractivity contribution in [2.45, 2.75) is 20.4 Å².